The van der Waals surface area contributed by atoms with Crippen molar-refractivity contribution in [2.45, 2.75) is 6.92 Å². The van der Waals surface area contributed by atoms with Gasteiger partial charge in [0, 0.05) is 13.2 Å². The van der Waals surface area contributed by atoms with E-state index in [-0.39, 0.29) is 17.1 Å². The molecule has 1 rings (SSSR count). The van der Waals surface area contributed by atoms with Crippen LogP contribution in [0.5, 0.6) is 0 Å². The van der Waals surface area contributed by atoms with E-state index in [9.17, 15) is 13.2 Å². The van der Waals surface area contributed by atoms with Crippen LogP contribution in [0.3, 0.4) is 0 Å². The number of hydrogen-bond acceptors (Lipinski definition) is 4. The summed E-state index contributed by atoms with van der Waals surface area (Å²) in [4.78, 5) is 11.5. The minimum absolute atomic E-state index is 0.0503. The van der Waals surface area contributed by atoms with Crippen LogP contribution in [-0.2, 0) is 16.9 Å². The molecule has 0 unspecified atom stereocenters. The number of aromatic nitrogens is 1. The smallest absolute Gasteiger partial charge is 0.280 e. The maximum Gasteiger partial charge on any atom is 0.280 e. The van der Waals surface area contributed by atoms with E-state index in [4.69, 9.17) is 5.73 Å². The summed E-state index contributed by atoms with van der Waals surface area (Å²) < 4.78 is 24.0. The Morgan fingerprint density at radius 1 is 1.57 bits per heavy atom. The lowest BCUT2D eigenvalue weighted by atomic mass is 10.3. The zero-order chi connectivity index (χ0) is 10.9. The van der Waals surface area contributed by atoms with E-state index >= 15 is 0 Å². The first-order valence-corrected chi connectivity index (χ1v) is 5.73. The topological polar surface area (TPSA) is 82.2 Å². The first-order chi connectivity index (χ1) is 6.40. The average molecular weight is 216 g/mol. The van der Waals surface area contributed by atoms with Gasteiger partial charge in [-0.25, -0.2) is 8.42 Å². The van der Waals surface area contributed by atoms with Gasteiger partial charge in [0.2, 0.25) is 9.84 Å². The first-order valence-electron chi connectivity index (χ1n) is 4.08. The molecule has 6 heteroatoms. The van der Waals surface area contributed by atoms with E-state index in [1.165, 1.54) is 17.6 Å². The van der Waals surface area contributed by atoms with Crippen LogP contribution >= 0.6 is 0 Å². The number of carbonyl (C=O) groups is 1. The Morgan fingerprint density at radius 3 is 2.50 bits per heavy atom. The van der Waals surface area contributed by atoms with Crippen LogP contribution in [0.4, 0.5) is 5.82 Å². The van der Waals surface area contributed by atoms with E-state index in [1.807, 2.05) is 0 Å². The molecule has 0 radical (unpaired) electrons. The lowest BCUT2D eigenvalue weighted by Gasteiger charge is -2.00. The summed E-state index contributed by atoms with van der Waals surface area (Å²) in [6.45, 7) is 1.42. The van der Waals surface area contributed by atoms with Crippen LogP contribution in [-0.4, -0.2) is 23.9 Å². The van der Waals surface area contributed by atoms with Gasteiger partial charge in [-0.2, -0.15) is 0 Å². The van der Waals surface area contributed by atoms with Crippen LogP contribution in [0, 0.1) is 0 Å². The molecular formula is C8H12N2O3S. The van der Waals surface area contributed by atoms with Crippen LogP contribution < -0.4 is 5.73 Å². The van der Waals surface area contributed by atoms with E-state index in [0.29, 0.717) is 0 Å². The summed E-state index contributed by atoms with van der Waals surface area (Å²) in [7, 11) is -2.05. The van der Waals surface area contributed by atoms with Crippen molar-refractivity contribution in [3.8, 4) is 0 Å². The Bertz CT molecular complexity index is 459. The Labute approximate surface area is 82.4 Å². The van der Waals surface area contributed by atoms with Crippen LogP contribution in [0.25, 0.3) is 0 Å². The number of hydrogen-bond donors (Lipinski definition) is 1. The predicted molar refractivity (Wildman–Crippen MR) is 53.6 cm³/mol. The summed E-state index contributed by atoms with van der Waals surface area (Å²) in [6.07, 6.45) is 1.55. The highest BCUT2D eigenvalue weighted by Gasteiger charge is 2.24. The van der Waals surface area contributed by atoms with Crippen molar-refractivity contribution >= 4 is 20.8 Å². The third-order valence-corrected chi connectivity index (χ3v) is 3.55. The Morgan fingerprint density at radius 2 is 2.14 bits per heavy atom. The summed E-state index contributed by atoms with van der Waals surface area (Å²) in [5.41, 5.74) is 5.58. The zero-order valence-corrected chi connectivity index (χ0v) is 8.84. The lowest BCUT2D eigenvalue weighted by molar-refractivity contribution is 0.107. The van der Waals surface area contributed by atoms with Crippen molar-refractivity contribution in [1.29, 1.82) is 0 Å². The molecule has 5 nitrogen and oxygen atoms in total. The quantitative estimate of drug-likeness (QED) is 0.764. The minimum Gasteiger partial charge on any atom is -0.384 e. The van der Waals surface area contributed by atoms with Crippen molar-refractivity contribution in [1.82, 2.24) is 4.57 Å². The third kappa shape index (κ3) is 1.65. The summed E-state index contributed by atoms with van der Waals surface area (Å²) in [5, 5.41) is -0.905. The molecular weight excluding hydrogens is 204 g/mol. The molecule has 2 N–H and O–H groups in total. The second kappa shape index (κ2) is 3.45. The summed E-state index contributed by atoms with van der Waals surface area (Å²) >= 11 is 0. The second-order valence-corrected chi connectivity index (χ2v) is 5.09. The second-order valence-electron chi connectivity index (χ2n) is 2.92. The molecule has 78 valence electrons. The fourth-order valence-corrected chi connectivity index (χ4v) is 1.78. The zero-order valence-electron chi connectivity index (χ0n) is 8.02. The van der Waals surface area contributed by atoms with Crippen molar-refractivity contribution in [2.24, 2.45) is 7.05 Å². The Kier molecular flexibility index (Phi) is 2.66. The van der Waals surface area contributed by atoms with Gasteiger partial charge in [0.05, 0.1) is 11.3 Å². The molecule has 0 amide bonds. The van der Waals surface area contributed by atoms with Crippen molar-refractivity contribution in [2.75, 3.05) is 11.5 Å². The molecule has 1 aromatic rings. The number of carbonyl (C=O) groups excluding carboxylic acids is 1. The number of anilines is 1. The maximum atomic E-state index is 11.5. The number of nitrogens with zero attached hydrogens (tertiary/aromatic N) is 1. The van der Waals surface area contributed by atoms with E-state index < -0.39 is 15.0 Å². The maximum absolute atomic E-state index is 11.5. The van der Waals surface area contributed by atoms with Gasteiger partial charge in [-0.15, -0.1) is 0 Å². The molecule has 1 heterocycles. The largest absolute Gasteiger partial charge is 0.384 e. The molecule has 0 saturated carbocycles. The first kappa shape index (κ1) is 10.8. The molecule has 0 atom stereocenters. The molecule has 0 bridgehead atoms. The fourth-order valence-electron chi connectivity index (χ4n) is 1.01. The monoisotopic (exact) mass is 216 g/mol. The molecule has 0 fully saturated rings. The Hall–Kier alpha value is -1.30. The Balaban J connectivity index is 3.21. The van der Waals surface area contributed by atoms with Gasteiger partial charge in [0.1, 0.15) is 5.82 Å². The third-order valence-electron chi connectivity index (χ3n) is 2.00. The highest BCUT2D eigenvalue weighted by molar-refractivity contribution is 8.06. The van der Waals surface area contributed by atoms with Gasteiger partial charge in [-0.1, -0.05) is 6.92 Å². The van der Waals surface area contributed by atoms with Gasteiger partial charge in [0.25, 0.3) is 5.12 Å². The number of sulfone groups is 1. The van der Waals surface area contributed by atoms with Gasteiger partial charge in [0.15, 0.2) is 0 Å². The molecule has 0 spiro atoms. The van der Waals surface area contributed by atoms with Crippen LogP contribution in [0.2, 0.25) is 0 Å². The van der Waals surface area contributed by atoms with E-state index in [0.717, 1.165) is 0 Å². The number of rotatable bonds is 2. The highest BCUT2D eigenvalue weighted by atomic mass is 32.2. The van der Waals surface area contributed by atoms with Gasteiger partial charge in [-0.3, -0.25) is 4.79 Å². The van der Waals surface area contributed by atoms with Gasteiger partial charge < -0.3 is 10.3 Å². The molecule has 1 aromatic heterocycles. The van der Waals surface area contributed by atoms with Gasteiger partial charge in [-0.05, 0) is 6.07 Å². The van der Waals surface area contributed by atoms with Crippen LogP contribution in [0.1, 0.15) is 17.3 Å². The lowest BCUT2D eigenvalue weighted by Crippen LogP contribution is -2.18. The normalized spacial score (nSPS) is 11.6. The summed E-state index contributed by atoms with van der Waals surface area (Å²) in [5.74, 6) is -0.0350. The molecule has 0 saturated heterocycles. The molecule has 0 aliphatic heterocycles. The number of nitrogen functional groups attached to an aromatic ring is 1. The van der Waals surface area contributed by atoms with Crippen molar-refractivity contribution in [3.63, 3.8) is 0 Å². The van der Waals surface area contributed by atoms with Crippen molar-refractivity contribution in [3.05, 3.63) is 17.8 Å². The van der Waals surface area contributed by atoms with E-state index in [1.54, 1.807) is 13.2 Å². The standard InChI is InChI=1S/C8H12N2O3S/c1-3-14(12,13)8(11)6-4-5-10(2)7(6)9/h4-5H,3,9H2,1-2H3. The highest BCUT2D eigenvalue weighted by Crippen LogP contribution is 2.15. The minimum atomic E-state index is -3.69. The molecule has 0 aliphatic rings. The van der Waals surface area contributed by atoms with Crippen molar-refractivity contribution < 1.29 is 13.2 Å². The number of aryl methyl sites for hydroxylation is 1. The molecule has 0 aliphatic carbocycles. The SMILES string of the molecule is CCS(=O)(=O)C(=O)c1ccn(C)c1N. The molecule has 0 aromatic carbocycles. The summed E-state index contributed by atoms with van der Waals surface area (Å²) in [6, 6.07) is 1.41. The van der Waals surface area contributed by atoms with E-state index in [2.05, 4.69) is 0 Å². The van der Waals surface area contributed by atoms with Gasteiger partial charge >= 0.3 is 0 Å². The predicted octanol–water partition coefficient (Wildman–Crippen LogP) is 0.182. The molecule has 14 heavy (non-hydrogen) atoms. The number of nitrogens with two attached hydrogens (primary N) is 1. The fraction of sp³-hybridized carbons (Fsp3) is 0.375. The van der Waals surface area contributed by atoms with Crippen LogP contribution in [0.15, 0.2) is 12.3 Å². The average Bonchev–Trinajstić information content (AvgIpc) is 2.47.